The Bertz CT molecular complexity index is 860. The van der Waals surface area contributed by atoms with Crippen molar-refractivity contribution in [2.45, 2.75) is 24.3 Å². The molecule has 0 aromatic heterocycles. The van der Waals surface area contributed by atoms with E-state index in [0.29, 0.717) is 17.7 Å². The van der Waals surface area contributed by atoms with Gasteiger partial charge in [0, 0.05) is 24.7 Å². The van der Waals surface area contributed by atoms with Crippen LogP contribution in [0.3, 0.4) is 0 Å². The first-order valence-corrected chi connectivity index (χ1v) is 8.43. The molecule has 2 amide bonds. The first kappa shape index (κ1) is 15.8. The Kier molecular flexibility index (Phi) is 3.60. The Balaban J connectivity index is 1.63. The van der Waals surface area contributed by atoms with Gasteiger partial charge in [-0.2, -0.15) is 0 Å². The second-order valence-corrected chi connectivity index (χ2v) is 6.88. The summed E-state index contributed by atoms with van der Waals surface area (Å²) >= 11 is 0. The van der Waals surface area contributed by atoms with E-state index in [4.69, 9.17) is 0 Å². The number of amides is 2. The third-order valence-corrected chi connectivity index (χ3v) is 5.19. The van der Waals surface area contributed by atoms with Gasteiger partial charge >= 0.3 is 0 Å². The van der Waals surface area contributed by atoms with Crippen LogP contribution in [0, 0.1) is 5.82 Å². The molecule has 0 spiro atoms. The van der Waals surface area contributed by atoms with Crippen LogP contribution in [0.4, 0.5) is 4.39 Å². The van der Waals surface area contributed by atoms with Crippen molar-refractivity contribution < 1.29 is 14.0 Å². The Morgan fingerprint density at radius 1 is 1.16 bits per heavy atom. The Morgan fingerprint density at radius 2 is 1.84 bits per heavy atom. The zero-order chi connectivity index (χ0) is 17.6. The Hall–Kier alpha value is -2.69. The molecule has 2 aromatic carbocycles. The maximum atomic E-state index is 14.2. The first-order valence-electron chi connectivity index (χ1n) is 8.43. The smallest absolute Gasteiger partial charge is 0.253 e. The summed E-state index contributed by atoms with van der Waals surface area (Å²) in [4.78, 5) is 26.8. The van der Waals surface area contributed by atoms with E-state index in [1.807, 2.05) is 12.1 Å². The van der Waals surface area contributed by atoms with Crippen molar-refractivity contribution in [2.75, 3.05) is 13.6 Å². The minimum absolute atomic E-state index is 0.0742. The van der Waals surface area contributed by atoms with E-state index in [0.717, 1.165) is 18.4 Å². The number of carbonyl (C=O) groups excluding carboxylic acids is 2. The van der Waals surface area contributed by atoms with Crippen LogP contribution >= 0.6 is 0 Å². The van der Waals surface area contributed by atoms with Crippen LogP contribution in [0.2, 0.25) is 0 Å². The number of nitrogens with one attached hydrogen (secondary N) is 1. The molecule has 25 heavy (non-hydrogen) atoms. The molecule has 2 aromatic rings. The molecule has 1 fully saturated rings. The SMILES string of the molecule is CN1CC(C(=O)NC2(c3ccccc3F)CC2)c2ccccc2C1=O. The largest absolute Gasteiger partial charge is 0.346 e. The van der Waals surface area contributed by atoms with Crippen molar-refractivity contribution in [3.05, 3.63) is 71.0 Å². The van der Waals surface area contributed by atoms with E-state index in [1.165, 1.54) is 6.07 Å². The van der Waals surface area contributed by atoms with Crippen LogP contribution in [0.15, 0.2) is 48.5 Å². The summed E-state index contributed by atoms with van der Waals surface area (Å²) < 4.78 is 14.2. The highest BCUT2D eigenvalue weighted by Crippen LogP contribution is 2.47. The number of benzene rings is 2. The molecule has 1 saturated carbocycles. The van der Waals surface area contributed by atoms with Gasteiger partial charge in [-0.15, -0.1) is 0 Å². The summed E-state index contributed by atoms with van der Waals surface area (Å²) in [7, 11) is 1.70. The van der Waals surface area contributed by atoms with Gasteiger partial charge in [-0.3, -0.25) is 9.59 Å². The lowest BCUT2D eigenvalue weighted by molar-refractivity contribution is -0.124. The average Bonchev–Trinajstić information content (AvgIpc) is 3.39. The van der Waals surface area contributed by atoms with Crippen LogP contribution in [0.25, 0.3) is 0 Å². The number of fused-ring (bicyclic) bond motifs is 1. The lowest BCUT2D eigenvalue weighted by atomic mass is 9.88. The highest BCUT2D eigenvalue weighted by Gasteiger charge is 2.48. The van der Waals surface area contributed by atoms with Crippen molar-refractivity contribution in [3.63, 3.8) is 0 Å². The maximum Gasteiger partial charge on any atom is 0.253 e. The highest BCUT2D eigenvalue weighted by atomic mass is 19.1. The van der Waals surface area contributed by atoms with Gasteiger partial charge in [0.15, 0.2) is 0 Å². The molecular formula is C20H19FN2O2. The van der Waals surface area contributed by atoms with Crippen molar-refractivity contribution in [1.82, 2.24) is 10.2 Å². The van der Waals surface area contributed by atoms with E-state index in [2.05, 4.69) is 5.32 Å². The predicted octanol–water partition coefficient (Wildman–Crippen LogP) is 2.80. The second kappa shape index (κ2) is 5.69. The normalized spacial score (nSPS) is 20.8. The summed E-state index contributed by atoms with van der Waals surface area (Å²) in [6.45, 7) is 0.328. The van der Waals surface area contributed by atoms with Gasteiger partial charge in [0.2, 0.25) is 5.91 Å². The summed E-state index contributed by atoms with van der Waals surface area (Å²) in [6, 6.07) is 13.8. The van der Waals surface area contributed by atoms with Gasteiger partial charge < -0.3 is 10.2 Å². The molecule has 4 nitrogen and oxygen atoms in total. The van der Waals surface area contributed by atoms with Gasteiger partial charge in [0.1, 0.15) is 5.82 Å². The van der Waals surface area contributed by atoms with E-state index in [-0.39, 0.29) is 17.6 Å². The fourth-order valence-electron chi connectivity index (χ4n) is 3.64. The average molecular weight is 338 g/mol. The fraction of sp³-hybridized carbons (Fsp3) is 0.300. The summed E-state index contributed by atoms with van der Waals surface area (Å²) in [5, 5.41) is 3.05. The molecule has 2 aliphatic rings. The number of hydrogen-bond acceptors (Lipinski definition) is 2. The minimum Gasteiger partial charge on any atom is -0.346 e. The third-order valence-electron chi connectivity index (χ3n) is 5.19. The lowest BCUT2D eigenvalue weighted by Crippen LogP contribution is -2.46. The Labute approximate surface area is 145 Å². The molecule has 1 unspecified atom stereocenters. The fourth-order valence-corrected chi connectivity index (χ4v) is 3.64. The van der Waals surface area contributed by atoms with Crippen LogP contribution in [-0.2, 0) is 10.3 Å². The number of likely N-dealkylation sites (N-methyl/N-ethyl adjacent to an activating group) is 1. The molecule has 1 aliphatic carbocycles. The predicted molar refractivity (Wildman–Crippen MR) is 91.6 cm³/mol. The van der Waals surface area contributed by atoms with Gasteiger partial charge in [-0.05, 0) is 30.5 Å². The lowest BCUT2D eigenvalue weighted by Gasteiger charge is -2.32. The van der Waals surface area contributed by atoms with Gasteiger partial charge in [0.05, 0.1) is 11.5 Å². The quantitative estimate of drug-likeness (QED) is 0.936. The number of carbonyl (C=O) groups is 2. The topological polar surface area (TPSA) is 49.4 Å². The molecule has 4 rings (SSSR count). The van der Waals surface area contributed by atoms with Gasteiger partial charge in [-0.25, -0.2) is 4.39 Å². The van der Waals surface area contributed by atoms with Crippen LogP contribution in [0.5, 0.6) is 0 Å². The molecule has 1 aliphatic heterocycles. The monoisotopic (exact) mass is 338 g/mol. The van der Waals surface area contributed by atoms with Crippen LogP contribution in [0.1, 0.15) is 40.2 Å². The number of nitrogens with zero attached hydrogens (tertiary/aromatic N) is 1. The molecule has 1 N–H and O–H groups in total. The third kappa shape index (κ3) is 2.60. The van der Waals surface area contributed by atoms with Crippen LogP contribution < -0.4 is 5.32 Å². The number of rotatable bonds is 3. The summed E-state index contributed by atoms with van der Waals surface area (Å²) in [5.74, 6) is -0.970. The zero-order valence-electron chi connectivity index (χ0n) is 14.0. The van der Waals surface area contributed by atoms with E-state index >= 15 is 0 Å². The second-order valence-electron chi connectivity index (χ2n) is 6.88. The summed E-state index contributed by atoms with van der Waals surface area (Å²) in [6.07, 6.45) is 1.45. The molecule has 5 heteroatoms. The van der Waals surface area contributed by atoms with E-state index in [1.54, 1.807) is 42.3 Å². The van der Waals surface area contributed by atoms with Gasteiger partial charge in [0.25, 0.3) is 5.91 Å². The molecule has 128 valence electrons. The van der Waals surface area contributed by atoms with Crippen molar-refractivity contribution in [2.24, 2.45) is 0 Å². The first-order chi connectivity index (χ1) is 12.0. The Morgan fingerprint density at radius 3 is 2.56 bits per heavy atom. The molecule has 0 radical (unpaired) electrons. The molecule has 0 saturated heterocycles. The van der Waals surface area contributed by atoms with Gasteiger partial charge in [-0.1, -0.05) is 36.4 Å². The molecular weight excluding hydrogens is 319 g/mol. The number of halogens is 1. The van der Waals surface area contributed by atoms with Crippen LogP contribution in [-0.4, -0.2) is 30.3 Å². The van der Waals surface area contributed by atoms with Crippen molar-refractivity contribution in [1.29, 1.82) is 0 Å². The number of hydrogen-bond donors (Lipinski definition) is 1. The van der Waals surface area contributed by atoms with Crippen molar-refractivity contribution in [3.8, 4) is 0 Å². The van der Waals surface area contributed by atoms with E-state index < -0.39 is 11.5 Å². The van der Waals surface area contributed by atoms with E-state index in [9.17, 15) is 14.0 Å². The highest BCUT2D eigenvalue weighted by molar-refractivity contribution is 6.00. The molecule has 1 heterocycles. The minimum atomic E-state index is -0.614. The molecule has 1 atom stereocenters. The zero-order valence-corrected chi connectivity index (χ0v) is 14.0. The molecule has 0 bridgehead atoms. The standard InChI is InChI=1S/C20H19FN2O2/c1-23-12-15(13-6-2-3-7-14(13)19(23)25)18(24)22-20(10-11-20)16-8-4-5-9-17(16)21/h2-9,15H,10-12H2,1H3,(H,22,24). The van der Waals surface area contributed by atoms with Crippen molar-refractivity contribution >= 4 is 11.8 Å². The maximum absolute atomic E-state index is 14.2. The summed E-state index contributed by atoms with van der Waals surface area (Å²) in [5.41, 5.74) is 1.23.